The predicted octanol–water partition coefficient (Wildman–Crippen LogP) is 1.29. The van der Waals surface area contributed by atoms with Crippen molar-refractivity contribution in [2.45, 2.75) is 30.8 Å². The Hall–Kier alpha value is -1.64. The van der Waals surface area contributed by atoms with Crippen LogP contribution < -0.4 is 10.5 Å². The van der Waals surface area contributed by atoms with E-state index in [1.54, 1.807) is 25.0 Å². The van der Waals surface area contributed by atoms with Crippen molar-refractivity contribution in [2.75, 3.05) is 25.5 Å². The van der Waals surface area contributed by atoms with Gasteiger partial charge in [-0.1, -0.05) is 6.07 Å². The van der Waals surface area contributed by atoms with Crippen LogP contribution in [-0.2, 0) is 14.8 Å². The molecule has 0 unspecified atom stereocenters. The fraction of sp³-hybridized carbons (Fsp3) is 0.500. The molecule has 0 bridgehead atoms. The Balaban J connectivity index is 2.14. The van der Waals surface area contributed by atoms with Crippen LogP contribution >= 0.6 is 0 Å². The number of aryl methyl sites for hydroxylation is 1. The number of primary sulfonamides is 1. The summed E-state index contributed by atoms with van der Waals surface area (Å²) < 4.78 is 28.1. The Morgan fingerprint density at radius 2 is 2.18 bits per heavy atom. The molecule has 0 aromatic heterocycles. The number of nitrogens with zero attached hydrogens (tertiary/aromatic N) is 1. The molecule has 8 heteroatoms. The normalized spacial score (nSPS) is 19.0. The lowest BCUT2D eigenvalue weighted by atomic mass is 10.1. The molecule has 0 saturated carbocycles. The summed E-state index contributed by atoms with van der Waals surface area (Å²) in [5.41, 5.74) is 1.21. The number of methoxy groups -OCH3 is 1. The van der Waals surface area contributed by atoms with E-state index in [9.17, 15) is 13.2 Å². The average Bonchev–Trinajstić information content (AvgIpc) is 2.48. The highest BCUT2D eigenvalue weighted by Gasteiger charge is 2.24. The van der Waals surface area contributed by atoms with Gasteiger partial charge in [0.15, 0.2) is 0 Å². The van der Waals surface area contributed by atoms with Crippen molar-refractivity contribution in [3.63, 3.8) is 0 Å². The Labute approximate surface area is 130 Å². The fourth-order valence-corrected chi connectivity index (χ4v) is 2.96. The van der Waals surface area contributed by atoms with Crippen molar-refractivity contribution < 1.29 is 17.9 Å². The Morgan fingerprint density at radius 1 is 1.45 bits per heavy atom. The summed E-state index contributed by atoms with van der Waals surface area (Å²) in [5, 5.41) is 7.87. The van der Waals surface area contributed by atoms with E-state index in [1.165, 1.54) is 12.1 Å². The molecular weight excluding hydrogens is 306 g/mol. The van der Waals surface area contributed by atoms with Gasteiger partial charge in [0.1, 0.15) is 0 Å². The number of ether oxygens (including phenoxy) is 1. The molecule has 7 nitrogen and oxygen atoms in total. The van der Waals surface area contributed by atoms with Gasteiger partial charge in [-0.25, -0.2) is 18.4 Å². The summed E-state index contributed by atoms with van der Waals surface area (Å²) in [6.07, 6.45) is 1.85. The van der Waals surface area contributed by atoms with Crippen molar-refractivity contribution in [3.8, 4) is 0 Å². The first-order valence-electron chi connectivity index (χ1n) is 7.03. The van der Waals surface area contributed by atoms with Gasteiger partial charge in [-0.15, -0.1) is 0 Å². The van der Waals surface area contributed by atoms with E-state index in [1.807, 2.05) is 0 Å². The third-order valence-corrected chi connectivity index (χ3v) is 4.69. The smallest absolute Gasteiger partial charge is 0.321 e. The van der Waals surface area contributed by atoms with Gasteiger partial charge in [-0.2, -0.15) is 0 Å². The second-order valence-electron chi connectivity index (χ2n) is 5.40. The molecule has 1 atom stereocenters. The summed E-state index contributed by atoms with van der Waals surface area (Å²) >= 11 is 0. The SMILES string of the molecule is CO[C@H]1CCCN(C(=O)Nc2cc(S(N)(=O)=O)ccc2C)C1. The van der Waals surface area contributed by atoms with Gasteiger partial charge >= 0.3 is 6.03 Å². The number of rotatable bonds is 3. The number of benzene rings is 1. The Bertz CT molecular complexity index is 660. The summed E-state index contributed by atoms with van der Waals surface area (Å²) in [7, 11) is -2.17. The second-order valence-corrected chi connectivity index (χ2v) is 6.96. The molecule has 1 aliphatic rings. The maximum Gasteiger partial charge on any atom is 0.321 e. The van der Waals surface area contributed by atoms with Crippen LogP contribution in [0.3, 0.4) is 0 Å². The molecule has 1 heterocycles. The van der Waals surface area contributed by atoms with E-state index in [4.69, 9.17) is 9.88 Å². The third kappa shape index (κ3) is 3.96. The van der Waals surface area contributed by atoms with Crippen LogP contribution in [0, 0.1) is 6.92 Å². The number of piperidine rings is 1. The minimum absolute atomic E-state index is 0.0261. The number of sulfonamides is 1. The van der Waals surface area contributed by atoms with Crippen LogP contribution in [0.25, 0.3) is 0 Å². The van der Waals surface area contributed by atoms with Gasteiger partial charge in [0.25, 0.3) is 0 Å². The number of nitrogens with one attached hydrogen (secondary N) is 1. The van der Waals surface area contributed by atoms with Crippen LogP contribution in [-0.4, -0.2) is 45.7 Å². The lowest BCUT2D eigenvalue weighted by Crippen LogP contribution is -2.45. The number of carbonyl (C=O) groups is 1. The zero-order chi connectivity index (χ0) is 16.3. The number of carbonyl (C=O) groups excluding carboxylic acids is 1. The van der Waals surface area contributed by atoms with Crippen molar-refractivity contribution >= 4 is 21.7 Å². The quantitative estimate of drug-likeness (QED) is 0.873. The summed E-state index contributed by atoms with van der Waals surface area (Å²) in [5.74, 6) is 0. The van der Waals surface area contributed by atoms with Crippen LogP contribution in [0.2, 0.25) is 0 Å². The standard InChI is InChI=1S/C14H21N3O4S/c1-10-5-6-12(22(15,19)20)8-13(10)16-14(18)17-7-3-4-11(9-17)21-2/h5-6,8,11H,3-4,7,9H2,1-2H3,(H,16,18)(H2,15,19,20)/t11-/m0/s1. The van der Waals surface area contributed by atoms with E-state index < -0.39 is 10.0 Å². The van der Waals surface area contributed by atoms with E-state index in [0.717, 1.165) is 18.4 Å². The molecule has 1 aromatic carbocycles. The van der Waals surface area contributed by atoms with Gasteiger partial charge in [0, 0.05) is 25.9 Å². The molecule has 1 aromatic rings. The first kappa shape index (κ1) is 16.7. The predicted molar refractivity (Wildman–Crippen MR) is 83.2 cm³/mol. The molecule has 0 aliphatic carbocycles. The molecule has 2 rings (SSSR count). The molecule has 122 valence electrons. The molecule has 1 fully saturated rings. The molecule has 1 aliphatic heterocycles. The van der Waals surface area contributed by atoms with Gasteiger partial charge in [-0.3, -0.25) is 0 Å². The lowest BCUT2D eigenvalue weighted by molar-refractivity contribution is 0.0458. The lowest BCUT2D eigenvalue weighted by Gasteiger charge is -2.32. The van der Waals surface area contributed by atoms with Crippen molar-refractivity contribution in [1.29, 1.82) is 0 Å². The highest BCUT2D eigenvalue weighted by molar-refractivity contribution is 7.89. The summed E-state index contributed by atoms with van der Waals surface area (Å²) in [6, 6.07) is 4.14. The first-order chi connectivity index (χ1) is 10.3. The van der Waals surface area contributed by atoms with Crippen LogP contribution in [0.4, 0.5) is 10.5 Å². The minimum atomic E-state index is -3.80. The zero-order valence-corrected chi connectivity index (χ0v) is 13.5. The van der Waals surface area contributed by atoms with Crippen molar-refractivity contribution in [3.05, 3.63) is 23.8 Å². The third-order valence-electron chi connectivity index (χ3n) is 3.78. The largest absolute Gasteiger partial charge is 0.380 e. The van der Waals surface area contributed by atoms with Crippen LogP contribution in [0.15, 0.2) is 23.1 Å². The number of urea groups is 1. The van der Waals surface area contributed by atoms with Crippen LogP contribution in [0.1, 0.15) is 18.4 Å². The molecule has 3 N–H and O–H groups in total. The Morgan fingerprint density at radius 3 is 2.82 bits per heavy atom. The van der Waals surface area contributed by atoms with Crippen molar-refractivity contribution in [1.82, 2.24) is 4.90 Å². The molecule has 1 saturated heterocycles. The topological polar surface area (TPSA) is 102 Å². The van der Waals surface area contributed by atoms with E-state index in [-0.39, 0.29) is 17.0 Å². The molecule has 22 heavy (non-hydrogen) atoms. The monoisotopic (exact) mass is 327 g/mol. The van der Waals surface area contributed by atoms with Gasteiger partial charge in [0.2, 0.25) is 10.0 Å². The number of anilines is 1. The minimum Gasteiger partial charge on any atom is -0.380 e. The maximum absolute atomic E-state index is 12.3. The zero-order valence-electron chi connectivity index (χ0n) is 12.7. The first-order valence-corrected chi connectivity index (χ1v) is 8.58. The number of hydrogen-bond acceptors (Lipinski definition) is 4. The number of amides is 2. The number of nitrogens with two attached hydrogens (primary N) is 1. The van der Waals surface area contributed by atoms with E-state index >= 15 is 0 Å². The van der Waals surface area contributed by atoms with E-state index in [2.05, 4.69) is 5.32 Å². The highest BCUT2D eigenvalue weighted by Crippen LogP contribution is 2.21. The number of likely N-dealkylation sites (tertiary alicyclic amines) is 1. The van der Waals surface area contributed by atoms with Crippen LogP contribution in [0.5, 0.6) is 0 Å². The molecule has 0 radical (unpaired) electrons. The molecule has 0 spiro atoms. The Kier molecular flexibility index (Phi) is 5.05. The summed E-state index contributed by atoms with van der Waals surface area (Å²) in [6.45, 7) is 2.96. The molecule has 2 amide bonds. The van der Waals surface area contributed by atoms with Crippen molar-refractivity contribution in [2.24, 2.45) is 5.14 Å². The van der Waals surface area contributed by atoms with Gasteiger partial charge in [-0.05, 0) is 37.5 Å². The maximum atomic E-state index is 12.3. The fourth-order valence-electron chi connectivity index (χ4n) is 2.42. The number of hydrogen-bond donors (Lipinski definition) is 2. The average molecular weight is 327 g/mol. The van der Waals surface area contributed by atoms with Gasteiger partial charge in [0.05, 0.1) is 11.0 Å². The summed E-state index contributed by atoms with van der Waals surface area (Å²) in [4.78, 5) is 14.0. The highest BCUT2D eigenvalue weighted by atomic mass is 32.2. The van der Waals surface area contributed by atoms with E-state index in [0.29, 0.717) is 18.8 Å². The second kappa shape index (κ2) is 6.64. The van der Waals surface area contributed by atoms with Gasteiger partial charge < -0.3 is 15.0 Å². The molecular formula is C14H21N3O4S.